The Morgan fingerprint density at radius 3 is 2.11 bits per heavy atom. The molecule has 0 aliphatic heterocycles. The highest BCUT2D eigenvalue weighted by molar-refractivity contribution is 8.00. The maximum absolute atomic E-state index is 13.6. The normalized spacial score (nSPS) is 11.6. The van der Waals surface area contributed by atoms with Gasteiger partial charge in [0.15, 0.2) is 0 Å². The molecule has 0 radical (unpaired) electrons. The standard InChI is InChI=1S/C36H29N3O6S/c1-44-36(43)29-16-8-9-17-30(29)38-35(42)32(24-11-4-2-5-12-24)46-28-20-18-26(19-21-28)37-34(41)31(23-27-15-10-22-45-27)39-33(40)25-13-6-3-7-14-25/h2-23,32H,1H3,(H,37,41)(H,38,42)(H,39,40)/b31-23-. The van der Waals surface area contributed by atoms with E-state index in [1.807, 2.05) is 30.3 Å². The zero-order valence-electron chi connectivity index (χ0n) is 24.6. The summed E-state index contributed by atoms with van der Waals surface area (Å²) in [5.41, 5.74) is 2.22. The van der Waals surface area contributed by atoms with Crippen LogP contribution in [0.15, 0.2) is 143 Å². The topological polar surface area (TPSA) is 127 Å². The second kappa shape index (κ2) is 15.2. The fraction of sp³-hybridized carbons (Fsp3) is 0.0556. The van der Waals surface area contributed by atoms with Crippen LogP contribution in [0.25, 0.3) is 6.08 Å². The minimum atomic E-state index is -0.664. The number of esters is 1. The lowest BCUT2D eigenvalue weighted by molar-refractivity contribution is -0.116. The molecule has 1 aromatic heterocycles. The molecule has 0 spiro atoms. The van der Waals surface area contributed by atoms with Gasteiger partial charge in [0.25, 0.3) is 11.8 Å². The van der Waals surface area contributed by atoms with E-state index in [-0.39, 0.29) is 17.2 Å². The van der Waals surface area contributed by atoms with Crippen LogP contribution in [-0.2, 0) is 14.3 Å². The Hall–Kier alpha value is -5.87. The number of nitrogens with one attached hydrogen (secondary N) is 3. The number of amides is 3. The SMILES string of the molecule is COC(=O)c1ccccc1NC(=O)C(Sc1ccc(NC(=O)/C(=C/c2ccco2)NC(=O)c2ccccc2)cc1)c1ccccc1. The van der Waals surface area contributed by atoms with Crippen LogP contribution in [0, 0.1) is 0 Å². The predicted molar refractivity (Wildman–Crippen MR) is 177 cm³/mol. The summed E-state index contributed by atoms with van der Waals surface area (Å²) in [5, 5.41) is 7.68. The summed E-state index contributed by atoms with van der Waals surface area (Å²) in [7, 11) is 1.28. The highest BCUT2D eigenvalue weighted by Crippen LogP contribution is 2.37. The molecule has 0 fully saturated rings. The molecule has 4 aromatic carbocycles. The first-order valence-electron chi connectivity index (χ1n) is 14.1. The van der Waals surface area contributed by atoms with Crippen LogP contribution in [-0.4, -0.2) is 30.8 Å². The van der Waals surface area contributed by atoms with Gasteiger partial charge in [0.05, 0.1) is 24.6 Å². The van der Waals surface area contributed by atoms with E-state index < -0.39 is 23.0 Å². The molecule has 1 atom stereocenters. The quantitative estimate of drug-likeness (QED) is 0.0818. The third kappa shape index (κ3) is 8.19. The number of furan rings is 1. The van der Waals surface area contributed by atoms with Crippen molar-refractivity contribution >= 4 is 52.9 Å². The predicted octanol–water partition coefficient (Wildman–Crippen LogP) is 6.95. The number of rotatable bonds is 11. The molecule has 0 saturated carbocycles. The Kier molecular flexibility index (Phi) is 10.4. The lowest BCUT2D eigenvalue weighted by Crippen LogP contribution is -2.30. The van der Waals surface area contributed by atoms with E-state index in [4.69, 9.17) is 9.15 Å². The van der Waals surface area contributed by atoms with Gasteiger partial charge in [-0.05, 0) is 66.2 Å². The number of hydrogen-bond acceptors (Lipinski definition) is 7. The number of benzene rings is 4. The van der Waals surface area contributed by atoms with Crippen LogP contribution < -0.4 is 16.0 Å². The zero-order valence-corrected chi connectivity index (χ0v) is 25.5. The van der Waals surface area contributed by atoms with Crippen LogP contribution in [0.4, 0.5) is 11.4 Å². The van der Waals surface area contributed by atoms with Crippen molar-refractivity contribution in [2.24, 2.45) is 0 Å². The summed E-state index contributed by atoms with van der Waals surface area (Å²) in [6, 6.07) is 34.8. The maximum Gasteiger partial charge on any atom is 0.339 e. The van der Waals surface area contributed by atoms with Gasteiger partial charge < -0.3 is 25.1 Å². The molecule has 1 unspecified atom stereocenters. The lowest BCUT2D eigenvalue weighted by atomic mass is 10.1. The minimum absolute atomic E-state index is 0.00435. The largest absolute Gasteiger partial charge is 0.465 e. The van der Waals surface area contributed by atoms with Crippen LogP contribution >= 0.6 is 11.8 Å². The van der Waals surface area contributed by atoms with Crippen molar-refractivity contribution in [3.05, 3.63) is 156 Å². The summed E-state index contributed by atoms with van der Waals surface area (Å²) in [5.74, 6) is -1.48. The second-order valence-corrected chi connectivity index (χ2v) is 11.0. The maximum atomic E-state index is 13.6. The number of carbonyl (C=O) groups is 4. The van der Waals surface area contributed by atoms with E-state index >= 15 is 0 Å². The van der Waals surface area contributed by atoms with Gasteiger partial charge in [0.2, 0.25) is 5.91 Å². The van der Waals surface area contributed by atoms with E-state index in [2.05, 4.69) is 16.0 Å². The molecular formula is C36H29N3O6S. The first-order chi connectivity index (χ1) is 22.4. The van der Waals surface area contributed by atoms with Crippen molar-refractivity contribution in [3.8, 4) is 0 Å². The van der Waals surface area contributed by atoms with Gasteiger partial charge in [-0.1, -0.05) is 60.7 Å². The number of carbonyl (C=O) groups excluding carboxylic acids is 4. The lowest BCUT2D eigenvalue weighted by Gasteiger charge is -2.18. The van der Waals surface area contributed by atoms with Gasteiger partial charge in [-0.3, -0.25) is 14.4 Å². The molecule has 3 N–H and O–H groups in total. The molecule has 10 heteroatoms. The van der Waals surface area contributed by atoms with Crippen molar-refractivity contribution in [2.45, 2.75) is 10.1 Å². The monoisotopic (exact) mass is 631 g/mol. The van der Waals surface area contributed by atoms with Crippen LogP contribution in [0.3, 0.4) is 0 Å². The highest BCUT2D eigenvalue weighted by atomic mass is 32.2. The number of hydrogen-bond donors (Lipinski definition) is 3. The molecular weight excluding hydrogens is 602 g/mol. The Labute approximate surface area is 269 Å². The van der Waals surface area contributed by atoms with Crippen LogP contribution in [0.1, 0.15) is 37.3 Å². The van der Waals surface area contributed by atoms with E-state index in [0.29, 0.717) is 22.7 Å². The van der Waals surface area contributed by atoms with E-state index in [9.17, 15) is 19.2 Å². The van der Waals surface area contributed by atoms with Crippen molar-refractivity contribution in [3.63, 3.8) is 0 Å². The molecule has 0 saturated heterocycles. The second-order valence-electron chi connectivity index (χ2n) is 9.81. The molecule has 5 aromatic rings. The Morgan fingerprint density at radius 1 is 0.761 bits per heavy atom. The number of ether oxygens (including phenoxy) is 1. The fourth-order valence-corrected chi connectivity index (χ4v) is 5.41. The van der Waals surface area contributed by atoms with E-state index in [1.165, 1.54) is 31.2 Å². The first kappa shape index (κ1) is 31.6. The number of methoxy groups -OCH3 is 1. The van der Waals surface area contributed by atoms with Crippen LogP contribution in [0.2, 0.25) is 0 Å². The average molecular weight is 632 g/mol. The van der Waals surface area contributed by atoms with Crippen molar-refractivity contribution in [1.29, 1.82) is 0 Å². The van der Waals surface area contributed by atoms with Gasteiger partial charge >= 0.3 is 5.97 Å². The molecule has 0 aliphatic rings. The molecule has 230 valence electrons. The number of anilines is 2. The summed E-state index contributed by atoms with van der Waals surface area (Å²) in [6.07, 6.45) is 2.92. The van der Waals surface area contributed by atoms with Gasteiger partial charge in [0, 0.05) is 22.2 Å². The van der Waals surface area contributed by atoms with Gasteiger partial charge in [-0.25, -0.2) is 4.79 Å². The third-order valence-corrected chi connectivity index (χ3v) is 7.92. The summed E-state index contributed by atoms with van der Waals surface area (Å²) >= 11 is 1.31. The van der Waals surface area contributed by atoms with Crippen molar-refractivity contribution in [1.82, 2.24) is 5.32 Å². The smallest absolute Gasteiger partial charge is 0.339 e. The average Bonchev–Trinajstić information content (AvgIpc) is 3.61. The summed E-state index contributed by atoms with van der Waals surface area (Å²) < 4.78 is 10.2. The summed E-state index contributed by atoms with van der Waals surface area (Å²) in [6.45, 7) is 0. The molecule has 5 rings (SSSR count). The van der Waals surface area contributed by atoms with E-state index in [1.54, 1.807) is 91.0 Å². The molecule has 1 heterocycles. The molecule has 3 amide bonds. The minimum Gasteiger partial charge on any atom is -0.465 e. The molecule has 0 bridgehead atoms. The Bertz CT molecular complexity index is 1840. The molecule has 46 heavy (non-hydrogen) atoms. The summed E-state index contributed by atoms with van der Waals surface area (Å²) in [4.78, 5) is 52.7. The Balaban J connectivity index is 1.32. The fourth-order valence-electron chi connectivity index (χ4n) is 4.39. The van der Waals surface area contributed by atoms with Gasteiger partial charge in [-0.15, -0.1) is 11.8 Å². The number of thioether (sulfide) groups is 1. The third-order valence-electron chi connectivity index (χ3n) is 6.66. The van der Waals surface area contributed by atoms with E-state index in [0.717, 1.165) is 10.5 Å². The number of para-hydroxylation sites is 1. The van der Waals surface area contributed by atoms with Crippen molar-refractivity contribution < 1.29 is 28.3 Å². The van der Waals surface area contributed by atoms with Crippen molar-refractivity contribution in [2.75, 3.05) is 17.7 Å². The molecule has 0 aliphatic carbocycles. The highest BCUT2D eigenvalue weighted by Gasteiger charge is 2.24. The molecule has 9 nitrogen and oxygen atoms in total. The van der Waals surface area contributed by atoms with Gasteiger partial charge in [0.1, 0.15) is 16.7 Å². The van der Waals surface area contributed by atoms with Crippen LogP contribution in [0.5, 0.6) is 0 Å². The first-order valence-corrected chi connectivity index (χ1v) is 15.0. The van der Waals surface area contributed by atoms with Gasteiger partial charge in [-0.2, -0.15) is 0 Å². The zero-order chi connectivity index (χ0) is 32.3. The Morgan fingerprint density at radius 2 is 1.43 bits per heavy atom.